The highest BCUT2D eigenvalue weighted by atomic mass is 35.5. The molecule has 1 aliphatic heterocycles. The number of carboxylic acids is 1. The SMILES string of the molecule is O=C(O)c1ccc(CCCCN2CCC(OCc3ccccc3)CC2)c(Cl)c1. The first kappa shape index (κ1) is 20.8. The molecule has 0 aromatic heterocycles. The second kappa shape index (κ2) is 10.6. The summed E-state index contributed by atoms with van der Waals surface area (Å²) in [6, 6.07) is 15.3. The number of likely N-dealkylation sites (tertiary alicyclic amines) is 1. The van der Waals surface area contributed by atoms with Gasteiger partial charge in [-0.25, -0.2) is 4.79 Å². The third-order valence-corrected chi connectivity index (χ3v) is 5.69. The van der Waals surface area contributed by atoms with Crippen molar-refractivity contribution in [3.63, 3.8) is 0 Å². The summed E-state index contributed by atoms with van der Waals surface area (Å²) in [5.41, 5.74) is 2.51. The van der Waals surface area contributed by atoms with Gasteiger partial charge in [-0.3, -0.25) is 0 Å². The molecule has 150 valence electrons. The zero-order valence-electron chi connectivity index (χ0n) is 16.1. The molecule has 0 atom stereocenters. The predicted octanol–water partition coefficient (Wildman–Crippen LogP) is 5.04. The van der Waals surface area contributed by atoms with Crippen LogP contribution >= 0.6 is 11.6 Å². The van der Waals surface area contributed by atoms with Crippen LogP contribution in [0.2, 0.25) is 5.02 Å². The lowest BCUT2D eigenvalue weighted by molar-refractivity contribution is -0.00262. The quantitative estimate of drug-likeness (QED) is 0.598. The molecule has 0 radical (unpaired) electrons. The summed E-state index contributed by atoms with van der Waals surface area (Å²) in [6.07, 6.45) is 5.60. The number of rotatable bonds is 9. The number of benzene rings is 2. The minimum absolute atomic E-state index is 0.242. The minimum Gasteiger partial charge on any atom is -0.478 e. The number of carbonyl (C=O) groups is 1. The number of ether oxygens (including phenoxy) is 1. The number of hydrogen-bond acceptors (Lipinski definition) is 3. The van der Waals surface area contributed by atoms with E-state index in [1.807, 2.05) is 12.1 Å². The molecule has 1 heterocycles. The smallest absolute Gasteiger partial charge is 0.335 e. The van der Waals surface area contributed by atoms with Gasteiger partial charge >= 0.3 is 5.97 Å². The van der Waals surface area contributed by atoms with Gasteiger partial charge in [-0.2, -0.15) is 0 Å². The van der Waals surface area contributed by atoms with Crippen LogP contribution in [0, 0.1) is 0 Å². The number of nitrogens with zero attached hydrogens (tertiary/aromatic N) is 1. The lowest BCUT2D eigenvalue weighted by Gasteiger charge is -2.32. The Balaban J connectivity index is 1.31. The summed E-state index contributed by atoms with van der Waals surface area (Å²) in [4.78, 5) is 13.5. The molecule has 1 N–H and O–H groups in total. The Bertz CT molecular complexity index is 758. The number of halogens is 1. The third-order valence-electron chi connectivity index (χ3n) is 5.33. The number of hydrogen-bond donors (Lipinski definition) is 1. The van der Waals surface area contributed by atoms with Gasteiger partial charge in [0, 0.05) is 18.1 Å². The van der Waals surface area contributed by atoms with Crippen LogP contribution in [0.5, 0.6) is 0 Å². The predicted molar refractivity (Wildman–Crippen MR) is 112 cm³/mol. The molecule has 2 aromatic rings. The molecule has 0 aliphatic carbocycles. The van der Waals surface area contributed by atoms with Crippen molar-refractivity contribution in [2.24, 2.45) is 0 Å². The summed E-state index contributed by atoms with van der Waals surface area (Å²) in [6.45, 7) is 3.98. The molecular formula is C23H28ClNO3. The van der Waals surface area contributed by atoms with Gasteiger partial charge in [0.15, 0.2) is 0 Å². The molecule has 0 saturated carbocycles. The maximum absolute atomic E-state index is 11.0. The fraction of sp³-hybridized carbons (Fsp3) is 0.435. The van der Waals surface area contributed by atoms with Crippen LogP contribution in [0.4, 0.5) is 0 Å². The monoisotopic (exact) mass is 401 g/mol. The van der Waals surface area contributed by atoms with Crippen LogP contribution in [0.1, 0.15) is 47.2 Å². The number of aromatic carboxylic acids is 1. The van der Waals surface area contributed by atoms with E-state index in [4.69, 9.17) is 21.4 Å². The molecule has 0 bridgehead atoms. The summed E-state index contributed by atoms with van der Waals surface area (Å²) in [5.74, 6) is -0.940. The van der Waals surface area contributed by atoms with Crippen molar-refractivity contribution in [2.45, 2.75) is 44.8 Å². The summed E-state index contributed by atoms with van der Waals surface area (Å²) in [7, 11) is 0. The van der Waals surface area contributed by atoms with E-state index in [1.165, 1.54) is 5.56 Å². The molecule has 1 aliphatic rings. The highest BCUT2D eigenvalue weighted by Gasteiger charge is 2.19. The highest BCUT2D eigenvalue weighted by Crippen LogP contribution is 2.21. The molecule has 2 aromatic carbocycles. The first-order chi connectivity index (χ1) is 13.6. The van der Waals surface area contributed by atoms with Gasteiger partial charge in [0.05, 0.1) is 18.3 Å². The topological polar surface area (TPSA) is 49.8 Å². The molecule has 28 heavy (non-hydrogen) atoms. The Kier molecular flexibility index (Phi) is 7.90. The maximum atomic E-state index is 11.0. The molecule has 3 rings (SSSR count). The Morgan fingerprint density at radius 3 is 2.54 bits per heavy atom. The third kappa shape index (κ3) is 6.33. The first-order valence-electron chi connectivity index (χ1n) is 10.0. The van der Waals surface area contributed by atoms with Crippen molar-refractivity contribution >= 4 is 17.6 Å². The number of unbranched alkanes of at least 4 members (excludes halogenated alkanes) is 1. The van der Waals surface area contributed by atoms with Gasteiger partial charge in [0.1, 0.15) is 0 Å². The summed E-state index contributed by atoms with van der Waals surface area (Å²) >= 11 is 6.20. The van der Waals surface area contributed by atoms with Crippen LogP contribution < -0.4 is 0 Å². The maximum Gasteiger partial charge on any atom is 0.335 e. The van der Waals surface area contributed by atoms with E-state index in [1.54, 1.807) is 12.1 Å². The van der Waals surface area contributed by atoms with Crippen molar-refractivity contribution in [3.05, 3.63) is 70.2 Å². The summed E-state index contributed by atoms with van der Waals surface area (Å²) in [5, 5.41) is 9.55. The molecule has 0 unspecified atom stereocenters. The van der Waals surface area contributed by atoms with E-state index in [2.05, 4.69) is 29.2 Å². The van der Waals surface area contributed by atoms with Gasteiger partial charge < -0.3 is 14.7 Å². The fourth-order valence-electron chi connectivity index (χ4n) is 3.62. The number of aryl methyl sites for hydroxylation is 1. The molecule has 5 heteroatoms. The van der Waals surface area contributed by atoms with Crippen LogP contribution in [0.15, 0.2) is 48.5 Å². The second-order valence-electron chi connectivity index (χ2n) is 7.41. The Morgan fingerprint density at radius 2 is 1.86 bits per heavy atom. The molecule has 4 nitrogen and oxygen atoms in total. The zero-order chi connectivity index (χ0) is 19.8. The Labute approximate surface area is 172 Å². The van der Waals surface area contributed by atoms with Gasteiger partial charge in [-0.15, -0.1) is 0 Å². The van der Waals surface area contributed by atoms with Crippen molar-refractivity contribution in [2.75, 3.05) is 19.6 Å². The Morgan fingerprint density at radius 1 is 1.11 bits per heavy atom. The van der Waals surface area contributed by atoms with E-state index in [0.717, 1.165) is 57.3 Å². The Hall–Kier alpha value is -1.88. The highest BCUT2D eigenvalue weighted by molar-refractivity contribution is 6.31. The lowest BCUT2D eigenvalue weighted by Crippen LogP contribution is -2.37. The minimum atomic E-state index is -0.940. The van der Waals surface area contributed by atoms with Crippen molar-refractivity contribution < 1.29 is 14.6 Å². The number of carboxylic acid groups (broad SMARTS) is 1. The molecular weight excluding hydrogens is 374 g/mol. The average Bonchev–Trinajstić information content (AvgIpc) is 2.72. The molecule has 0 spiro atoms. The van der Waals surface area contributed by atoms with Crippen LogP contribution in [0.3, 0.4) is 0 Å². The summed E-state index contributed by atoms with van der Waals surface area (Å²) < 4.78 is 6.06. The van der Waals surface area contributed by atoms with E-state index >= 15 is 0 Å². The van der Waals surface area contributed by atoms with Crippen LogP contribution in [-0.2, 0) is 17.8 Å². The first-order valence-corrected chi connectivity index (χ1v) is 10.4. The van der Waals surface area contributed by atoms with Crippen molar-refractivity contribution in [3.8, 4) is 0 Å². The lowest BCUT2D eigenvalue weighted by atomic mass is 10.0. The van der Waals surface area contributed by atoms with E-state index in [9.17, 15) is 4.79 Å². The molecule has 1 saturated heterocycles. The van der Waals surface area contributed by atoms with Gasteiger partial charge in [0.25, 0.3) is 0 Å². The van der Waals surface area contributed by atoms with Crippen LogP contribution in [0.25, 0.3) is 0 Å². The zero-order valence-corrected chi connectivity index (χ0v) is 16.9. The average molecular weight is 402 g/mol. The fourth-order valence-corrected chi connectivity index (χ4v) is 3.90. The molecule has 1 fully saturated rings. The van der Waals surface area contributed by atoms with Crippen molar-refractivity contribution in [1.82, 2.24) is 4.90 Å². The van der Waals surface area contributed by atoms with Crippen LogP contribution in [-0.4, -0.2) is 41.7 Å². The van der Waals surface area contributed by atoms with Gasteiger partial charge in [0.2, 0.25) is 0 Å². The largest absolute Gasteiger partial charge is 0.478 e. The normalized spacial score (nSPS) is 15.6. The van der Waals surface area contributed by atoms with Gasteiger partial charge in [-0.1, -0.05) is 48.0 Å². The van der Waals surface area contributed by atoms with E-state index < -0.39 is 5.97 Å². The number of piperidine rings is 1. The van der Waals surface area contributed by atoms with E-state index in [-0.39, 0.29) is 5.56 Å². The molecule has 0 amide bonds. The van der Waals surface area contributed by atoms with Gasteiger partial charge in [-0.05, 0) is 61.9 Å². The second-order valence-corrected chi connectivity index (χ2v) is 7.81. The standard InChI is InChI=1S/C23H28ClNO3/c24-22-16-20(23(26)27)10-9-19(22)8-4-5-13-25-14-11-21(12-15-25)28-17-18-6-2-1-3-7-18/h1-3,6-7,9-10,16,21H,4-5,8,11-15,17H2,(H,26,27). The van der Waals surface area contributed by atoms with E-state index in [0.29, 0.717) is 17.7 Å². The van der Waals surface area contributed by atoms with Crippen molar-refractivity contribution in [1.29, 1.82) is 0 Å².